The van der Waals surface area contributed by atoms with Crippen LogP contribution in [0.5, 0.6) is 0 Å². The zero-order valence-electron chi connectivity index (χ0n) is 13.6. The fraction of sp³-hybridized carbons (Fsp3) is 0.0500. The molecule has 0 aliphatic carbocycles. The number of rotatable bonds is 4. The number of ether oxygens (including phenoxy) is 1. The molecular formula is C20H14N2O3S. The minimum absolute atomic E-state index is 0.360. The lowest BCUT2D eigenvalue weighted by molar-refractivity contribution is -0.119. The third kappa shape index (κ3) is 3.41. The molecule has 3 aromatic carbocycles. The Morgan fingerprint density at radius 1 is 0.962 bits per heavy atom. The van der Waals surface area contributed by atoms with Gasteiger partial charge in [0.25, 0.3) is 5.91 Å². The van der Waals surface area contributed by atoms with E-state index >= 15 is 0 Å². The summed E-state index contributed by atoms with van der Waals surface area (Å²) in [6.07, 6.45) is 0. The summed E-state index contributed by atoms with van der Waals surface area (Å²) in [4.78, 5) is 28.5. The Morgan fingerprint density at radius 2 is 1.73 bits per heavy atom. The van der Waals surface area contributed by atoms with Crippen molar-refractivity contribution in [2.45, 2.75) is 0 Å². The summed E-state index contributed by atoms with van der Waals surface area (Å²) < 4.78 is 6.09. The summed E-state index contributed by atoms with van der Waals surface area (Å²) in [7, 11) is 0. The molecule has 4 aromatic rings. The van der Waals surface area contributed by atoms with Crippen LogP contribution in [-0.2, 0) is 9.53 Å². The third-order valence-corrected chi connectivity index (χ3v) is 4.81. The standard InChI is InChI=1S/C20H14N2O3S/c23-18(22-20-21-16-7-3-4-8-17(16)26-20)12-25-19(24)15-10-9-13-5-1-2-6-14(13)11-15/h1-11H,12H2,(H,21,22,23). The normalized spacial score (nSPS) is 10.8. The van der Waals surface area contributed by atoms with Gasteiger partial charge in [0.15, 0.2) is 11.7 Å². The maximum absolute atomic E-state index is 12.2. The van der Waals surface area contributed by atoms with Crippen molar-refractivity contribution >= 4 is 49.3 Å². The summed E-state index contributed by atoms with van der Waals surface area (Å²) in [6, 6.07) is 20.6. The molecular weight excluding hydrogens is 348 g/mol. The Kier molecular flexibility index (Phi) is 4.33. The number of aromatic nitrogens is 1. The first-order valence-corrected chi connectivity index (χ1v) is 8.82. The molecule has 0 saturated heterocycles. The largest absolute Gasteiger partial charge is 0.452 e. The Labute approximate surface area is 153 Å². The van der Waals surface area contributed by atoms with Gasteiger partial charge in [0, 0.05) is 0 Å². The van der Waals surface area contributed by atoms with Gasteiger partial charge in [0.2, 0.25) is 0 Å². The minimum atomic E-state index is -0.532. The van der Waals surface area contributed by atoms with Crippen LogP contribution in [0.4, 0.5) is 5.13 Å². The summed E-state index contributed by atoms with van der Waals surface area (Å²) in [5, 5.41) is 5.13. The van der Waals surface area contributed by atoms with Crippen LogP contribution in [-0.4, -0.2) is 23.5 Å². The molecule has 0 bridgehead atoms. The van der Waals surface area contributed by atoms with E-state index in [1.165, 1.54) is 11.3 Å². The molecule has 0 spiro atoms. The number of nitrogens with zero attached hydrogens (tertiary/aromatic N) is 1. The van der Waals surface area contributed by atoms with Crippen molar-refractivity contribution in [1.82, 2.24) is 4.98 Å². The van der Waals surface area contributed by atoms with E-state index in [1.807, 2.05) is 54.6 Å². The van der Waals surface area contributed by atoms with Crippen LogP contribution in [0.2, 0.25) is 0 Å². The lowest BCUT2D eigenvalue weighted by Gasteiger charge is -2.05. The zero-order valence-corrected chi connectivity index (χ0v) is 14.5. The summed E-state index contributed by atoms with van der Waals surface area (Å²) in [5.74, 6) is -0.951. The number of thiazole rings is 1. The number of hydrogen-bond donors (Lipinski definition) is 1. The Morgan fingerprint density at radius 3 is 2.58 bits per heavy atom. The van der Waals surface area contributed by atoms with Crippen LogP contribution in [0.1, 0.15) is 10.4 Å². The van der Waals surface area contributed by atoms with Gasteiger partial charge in [-0.05, 0) is 35.0 Å². The second kappa shape index (κ2) is 6.93. The van der Waals surface area contributed by atoms with Crippen molar-refractivity contribution < 1.29 is 14.3 Å². The van der Waals surface area contributed by atoms with Gasteiger partial charge in [-0.1, -0.05) is 53.8 Å². The van der Waals surface area contributed by atoms with Crippen molar-refractivity contribution in [3.63, 3.8) is 0 Å². The first-order chi connectivity index (χ1) is 12.7. The number of benzene rings is 3. The predicted octanol–water partition coefficient (Wildman–Crippen LogP) is 4.25. The number of anilines is 1. The highest BCUT2D eigenvalue weighted by Gasteiger charge is 2.12. The fourth-order valence-electron chi connectivity index (χ4n) is 2.61. The molecule has 0 aliphatic rings. The molecule has 1 aromatic heterocycles. The van der Waals surface area contributed by atoms with E-state index in [-0.39, 0.29) is 6.61 Å². The van der Waals surface area contributed by atoms with E-state index in [4.69, 9.17) is 4.74 Å². The quantitative estimate of drug-likeness (QED) is 0.551. The average Bonchev–Trinajstić information content (AvgIpc) is 3.08. The van der Waals surface area contributed by atoms with E-state index in [9.17, 15) is 9.59 Å². The lowest BCUT2D eigenvalue weighted by atomic mass is 10.1. The predicted molar refractivity (Wildman–Crippen MR) is 102 cm³/mol. The summed E-state index contributed by atoms with van der Waals surface area (Å²) >= 11 is 1.37. The van der Waals surface area contributed by atoms with Crippen LogP contribution >= 0.6 is 11.3 Å². The van der Waals surface area contributed by atoms with Gasteiger partial charge in [-0.3, -0.25) is 10.1 Å². The molecule has 0 saturated carbocycles. The van der Waals surface area contributed by atoms with Crippen LogP contribution in [0.15, 0.2) is 66.7 Å². The molecule has 128 valence electrons. The van der Waals surface area contributed by atoms with Crippen LogP contribution in [0.25, 0.3) is 21.0 Å². The number of nitrogens with one attached hydrogen (secondary N) is 1. The van der Waals surface area contributed by atoms with Gasteiger partial charge in [0.05, 0.1) is 15.8 Å². The number of amides is 1. The summed E-state index contributed by atoms with van der Waals surface area (Å²) in [6.45, 7) is -0.360. The number of carbonyl (C=O) groups excluding carboxylic acids is 2. The molecule has 0 atom stereocenters. The smallest absolute Gasteiger partial charge is 0.338 e. The van der Waals surface area contributed by atoms with Crippen molar-refractivity contribution in [3.8, 4) is 0 Å². The molecule has 26 heavy (non-hydrogen) atoms. The lowest BCUT2D eigenvalue weighted by Crippen LogP contribution is -2.20. The van der Waals surface area contributed by atoms with Gasteiger partial charge in [0.1, 0.15) is 0 Å². The van der Waals surface area contributed by atoms with Crippen molar-refractivity contribution in [2.75, 3.05) is 11.9 Å². The third-order valence-electron chi connectivity index (χ3n) is 3.86. The van der Waals surface area contributed by atoms with Gasteiger partial charge >= 0.3 is 5.97 Å². The van der Waals surface area contributed by atoms with E-state index < -0.39 is 11.9 Å². The molecule has 0 fully saturated rings. The number of fused-ring (bicyclic) bond motifs is 2. The average molecular weight is 362 g/mol. The molecule has 4 rings (SSSR count). The molecule has 0 unspecified atom stereocenters. The topological polar surface area (TPSA) is 68.3 Å². The Hall–Kier alpha value is -3.25. The minimum Gasteiger partial charge on any atom is -0.452 e. The molecule has 6 heteroatoms. The van der Waals surface area contributed by atoms with Crippen LogP contribution in [0.3, 0.4) is 0 Å². The van der Waals surface area contributed by atoms with Crippen LogP contribution in [0, 0.1) is 0 Å². The Balaban J connectivity index is 1.39. The molecule has 1 N–H and O–H groups in total. The summed E-state index contributed by atoms with van der Waals surface area (Å²) in [5.41, 5.74) is 1.23. The van der Waals surface area contributed by atoms with Crippen molar-refractivity contribution in [1.29, 1.82) is 0 Å². The first kappa shape index (κ1) is 16.2. The van der Waals surface area contributed by atoms with Crippen molar-refractivity contribution in [3.05, 3.63) is 72.3 Å². The van der Waals surface area contributed by atoms with Gasteiger partial charge in [-0.25, -0.2) is 9.78 Å². The van der Waals surface area contributed by atoms with E-state index in [2.05, 4.69) is 10.3 Å². The Bertz CT molecular complexity index is 1090. The maximum Gasteiger partial charge on any atom is 0.338 e. The van der Waals surface area contributed by atoms with E-state index in [1.54, 1.807) is 12.1 Å². The number of para-hydroxylation sites is 1. The number of carbonyl (C=O) groups is 2. The van der Waals surface area contributed by atoms with Gasteiger partial charge in [-0.15, -0.1) is 0 Å². The highest BCUT2D eigenvalue weighted by atomic mass is 32.1. The highest BCUT2D eigenvalue weighted by Crippen LogP contribution is 2.25. The molecule has 1 amide bonds. The monoisotopic (exact) mass is 362 g/mol. The van der Waals surface area contributed by atoms with Gasteiger partial charge < -0.3 is 4.74 Å². The SMILES string of the molecule is O=C(COC(=O)c1ccc2ccccc2c1)Nc1nc2ccccc2s1. The zero-order chi connectivity index (χ0) is 17.9. The first-order valence-electron chi connectivity index (χ1n) is 8.00. The molecule has 1 heterocycles. The molecule has 0 aliphatic heterocycles. The molecule has 5 nitrogen and oxygen atoms in total. The second-order valence-corrected chi connectivity index (χ2v) is 6.70. The van der Waals surface area contributed by atoms with E-state index in [0.29, 0.717) is 10.7 Å². The molecule has 0 radical (unpaired) electrons. The highest BCUT2D eigenvalue weighted by molar-refractivity contribution is 7.22. The van der Waals surface area contributed by atoms with E-state index in [0.717, 1.165) is 21.0 Å². The fourth-order valence-corrected chi connectivity index (χ4v) is 3.49. The van der Waals surface area contributed by atoms with Gasteiger partial charge in [-0.2, -0.15) is 0 Å². The van der Waals surface area contributed by atoms with Crippen LogP contribution < -0.4 is 5.32 Å². The number of esters is 1. The van der Waals surface area contributed by atoms with Crippen molar-refractivity contribution in [2.24, 2.45) is 0 Å². The number of hydrogen-bond acceptors (Lipinski definition) is 5. The second-order valence-electron chi connectivity index (χ2n) is 5.67. The maximum atomic E-state index is 12.2.